The zero-order valence-corrected chi connectivity index (χ0v) is 8.45. The molecule has 0 spiro atoms. The Hall–Kier alpha value is -1.35. The summed E-state index contributed by atoms with van der Waals surface area (Å²) in [5.41, 5.74) is 1.93. The molecule has 72 valence electrons. The zero-order valence-electron chi connectivity index (χ0n) is 7.70. The summed E-state index contributed by atoms with van der Waals surface area (Å²) < 4.78 is 5.27. The van der Waals surface area contributed by atoms with Gasteiger partial charge >= 0.3 is 0 Å². The predicted molar refractivity (Wildman–Crippen MR) is 54.0 cm³/mol. The average molecular weight is 209 g/mol. The van der Waals surface area contributed by atoms with Crippen LogP contribution < -0.4 is 0 Å². The van der Waals surface area contributed by atoms with Crippen molar-refractivity contribution >= 4 is 11.6 Å². The monoisotopic (exact) mass is 208 g/mol. The maximum atomic E-state index is 5.63. The minimum absolute atomic E-state index is 0.428. The van der Waals surface area contributed by atoms with E-state index in [0.717, 1.165) is 11.1 Å². The van der Waals surface area contributed by atoms with Gasteiger partial charge in [0, 0.05) is 18.0 Å². The minimum atomic E-state index is 0.428. The third-order valence-electron chi connectivity index (χ3n) is 1.92. The van der Waals surface area contributed by atoms with Crippen LogP contribution in [0.1, 0.15) is 11.1 Å². The number of aryl methyl sites for hydroxylation is 1. The summed E-state index contributed by atoms with van der Waals surface area (Å²) in [6.45, 7) is 1.96. The Kier molecular flexibility index (Phi) is 2.50. The van der Waals surface area contributed by atoms with E-state index in [9.17, 15) is 0 Å². The van der Waals surface area contributed by atoms with E-state index in [0.29, 0.717) is 17.5 Å². The van der Waals surface area contributed by atoms with Crippen molar-refractivity contribution in [1.82, 2.24) is 9.97 Å². The fourth-order valence-electron chi connectivity index (χ4n) is 1.14. The summed E-state index contributed by atoms with van der Waals surface area (Å²) in [4.78, 5) is 8.33. The Bertz CT molecular complexity index is 422. The molecule has 0 aliphatic rings. The van der Waals surface area contributed by atoms with E-state index in [4.69, 9.17) is 16.0 Å². The first-order chi connectivity index (χ1) is 6.81. The summed E-state index contributed by atoms with van der Waals surface area (Å²) in [6.07, 6.45) is 5.04. The molecule has 0 aliphatic heterocycles. The highest BCUT2D eigenvalue weighted by molar-refractivity contribution is 6.17. The highest BCUT2D eigenvalue weighted by atomic mass is 35.5. The SMILES string of the molecule is Cc1ccoc1-c1ncc(CCl)cn1. The van der Waals surface area contributed by atoms with Crippen LogP contribution in [0.2, 0.25) is 0 Å². The van der Waals surface area contributed by atoms with Crippen LogP contribution in [0.4, 0.5) is 0 Å². The van der Waals surface area contributed by atoms with Crippen LogP contribution in [0.25, 0.3) is 11.6 Å². The van der Waals surface area contributed by atoms with E-state index < -0.39 is 0 Å². The van der Waals surface area contributed by atoms with Gasteiger partial charge in [0.1, 0.15) is 0 Å². The van der Waals surface area contributed by atoms with Gasteiger partial charge in [0.05, 0.1) is 12.1 Å². The van der Waals surface area contributed by atoms with Gasteiger partial charge in [0.15, 0.2) is 11.6 Å². The molecule has 14 heavy (non-hydrogen) atoms. The molecule has 0 fully saturated rings. The molecule has 0 bridgehead atoms. The average Bonchev–Trinajstić information content (AvgIpc) is 2.65. The molecular formula is C10H9ClN2O. The van der Waals surface area contributed by atoms with Crippen molar-refractivity contribution in [2.75, 3.05) is 0 Å². The molecule has 2 rings (SSSR count). The first-order valence-corrected chi connectivity index (χ1v) is 4.76. The molecule has 0 radical (unpaired) electrons. The topological polar surface area (TPSA) is 38.9 Å². The van der Waals surface area contributed by atoms with Gasteiger partial charge in [-0.2, -0.15) is 0 Å². The maximum Gasteiger partial charge on any atom is 0.195 e. The van der Waals surface area contributed by atoms with Gasteiger partial charge in [0.25, 0.3) is 0 Å². The van der Waals surface area contributed by atoms with Gasteiger partial charge in [-0.25, -0.2) is 9.97 Å². The maximum absolute atomic E-state index is 5.63. The summed E-state index contributed by atoms with van der Waals surface area (Å²) >= 11 is 5.63. The van der Waals surface area contributed by atoms with E-state index in [-0.39, 0.29) is 0 Å². The molecule has 3 nitrogen and oxygen atoms in total. The molecule has 4 heteroatoms. The standard InChI is InChI=1S/C10H9ClN2O/c1-7-2-3-14-9(7)10-12-5-8(4-11)6-13-10/h2-3,5-6H,4H2,1H3. The van der Waals surface area contributed by atoms with Gasteiger partial charge in [-0.1, -0.05) is 0 Å². The highest BCUT2D eigenvalue weighted by Gasteiger charge is 2.07. The Morgan fingerprint density at radius 2 is 2.07 bits per heavy atom. The largest absolute Gasteiger partial charge is 0.461 e. The third-order valence-corrected chi connectivity index (χ3v) is 2.23. The van der Waals surface area contributed by atoms with Crippen LogP contribution in [-0.4, -0.2) is 9.97 Å². The Morgan fingerprint density at radius 1 is 1.36 bits per heavy atom. The number of hydrogen-bond donors (Lipinski definition) is 0. The van der Waals surface area contributed by atoms with Crippen LogP contribution in [-0.2, 0) is 5.88 Å². The van der Waals surface area contributed by atoms with Crippen LogP contribution in [0, 0.1) is 6.92 Å². The van der Waals surface area contributed by atoms with Gasteiger partial charge in [-0.05, 0) is 18.6 Å². The third kappa shape index (κ3) is 1.63. The second-order valence-electron chi connectivity index (χ2n) is 2.98. The van der Waals surface area contributed by atoms with Crippen molar-refractivity contribution in [2.24, 2.45) is 0 Å². The molecule has 0 unspecified atom stereocenters. The number of furan rings is 1. The van der Waals surface area contributed by atoms with Crippen molar-refractivity contribution in [3.63, 3.8) is 0 Å². The second-order valence-corrected chi connectivity index (χ2v) is 3.25. The molecule has 0 aromatic carbocycles. The molecule has 0 atom stereocenters. The predicted octanol–water partition coefficient (Wildman–Crippen LogP) is 2.78. The van der Waals surface area contributed by atoms with Gasteiger partial charge < -0.3 is 4.42 Å². The number of alkyl halides is 1. The number of hydrogen-bond acceptors (Lipinski definition) is 3. The molecule has 0 saturated heterocycles. The highest BCUT2D eigenvalue weighted by Crippen LogP contribution is 2.19. The van der Waals surface area contributed by atoms with E-state index in [1.807, 2.05) is 13.0 Å². The van der Waals surface area contributed by atoms with Gasteiger partial charge in [0.2, 0.25) is 0 Å². The van der Waals surface area contributed by atoms with E-state index in [1.165, 1.54) is 0 Å². The molecule has 0 amide bonds. The molecule has 0 N–H and O–H groups in total. The number of aromatic nitrogens is 2. The first-order valence-electron chi connectivity index (χ1n) is 4.22. The Balaban J connectivity index is 2.39. The Labute approximate surface area is 86.8 Å². The number of halogens is 1. The lowest BCUT2D eigenvalue weighted by atomic mass is 10.2. The summed E-state index contributed by atoms with van der Waals surface area (Å²) in [5, 5.41) is 0. The van der Waals surface area contributed by atoms with Crippen LogP contribution in [0.5, 0.6) is 0 Å². The molecule has 2 heterocycles. The molecule has 0 aliphatic carbocycles. The lowest BCUT2D eigenvalue weighted by Gasteiger charge is -1.97. The van der Waals surface area contributed by atoms with Gasteiger partial charge in [-0.15, -0.1) is 11.6 Å². The van der Waals surface area contributed by atoms with E-state index >= 15 is 0 Å². The number of rotatable bonds is 2. The molecule has 0 saturated carbocycles. The molecule has 2 aromatic heterocycles. The van der Waals surface area contributed by atoms with Crippen molar-refractivity contribution in [1.29, 1.82) is 0 Å². The normalized spacial score (nSPS) is 10.4. The summed E-state index contributed by atoms with van der Waals surface area (Å²) in [6, 6.07) is 1.88. The van der Waals surface area contributed by atoms with Crippen LogP contribution >= 0.6 is 11.6 Å². The van der Waals surface area contributed by atoms with Crippen LogP contribution in [0.15, 0.2) is 29.1 Å². The van der Waals surface area contributed by atoms with E-state index in [1.54, 1.807) is 18.7 Å². The van der Waals surface area contributed by atoms with Crippen molar-refractivity contribution in [3.05, 3.63) is 35.9 Å². The van der Waals surface area contributed by atoms with Crippen LogP contribution in [0.3, 0.4) is 0 Å². The lowest BCUT2D eigenvalue weighted by molar-refractivity contribution is 0.575. The van der Waals surface area contributed by atoms with Crippen molar-refractivity contribution in [2.45, 2.75) is 12.8 Å². The molecule has 2 aromatic rings. The number of nitrogens with zero attached hydrogens (tertiary/aromatic N) is 2. The zero-order chi connectivity index (χ0) is 9.97. The van der Waals surface area contributed by atoms with E-state index in [2.05, 4.69) is 9.97 Å². The first kappa shape index (κ1) is 9.21. The van der Waals surface area contributed by atoms with Crippen molar-refractivity contribution < 1.29 is 4.42 Å². The minimum Gasteiger partial charge on any atom is -0.461 e. The summed E-state index contributed by atoms with van der Waals surface area (Å²) in [7, 11) is 0. The quantitative estimate of drug-likeness (QED) is 0.713. The Morgan fingerprint density at radius 3 is 2.57 bits per heavy atom. The van der Waals surface area contributed by atoms with Gasteiger partial charge in [-0.3, -0.25) is 0 Å². The summed E-state index contributed by atoms with van der Waals surface area (Å²) in [5.74, 6) is 1.74. The molecular weight excluding hydrogens is 200 g/mol. The van der Waals surface area contributed by atoms with Crippen molar-refractivity contribution in [3.8, 4) is 11.6 Å². The fraction of sp³-hybridized carbons (Fsp3) is 0.200. The lowest BCUT2D eigenvalue weighted by Crippen LogP contribution is -1.90. The fourth-order valence-corrected chi connectivity index (χ4v) is 1.28. The second kappa shape index (κ2) is 3.80. The smallest absolute Gasteiger partial charge is 0.195 e.